The van der Waals surface area contributed by atoms with E-state index in [0.29, 0.717) is 5.56 Å². The van der Waals surface area contributed by atoms with Gasteiger partial charge in [0.1, 0.15) is 0 Å². The van der Waals surface area contributed by atoms with Crippen LogP contribution in [0.5, 0.6) is 0 Å². The van der Waals surface area contributed by atoms with Crippen LogP contribution in [0, 0.1) is 0 Å². The Labute approximate surface area is 87.2 Å². The Kier molecular flexibility index (Phi) is 3.88. The average molecular weight is 207 g/mol. The lowest BCUT2D eigenvalue weighted by Crippen LogP contribution is -1.92. The molecule has 15 heavy (non-hydrogen) atoms. The number of aromatic nitrogens is 1. The number of H-pyrrole nitrogens is 1. The molecule has 0 saturated carbocycles. The Balaban J connectivity index is 0.000000337. The standard InChI is InChI=1S/C9H7NO2.C2H6O/c11-9(12)7-5-10-8-4-2-1-3-6(7)8;1-2-3/h1-5,10H,(H,11,12);3H,2H2,1H3. The van der Waals surface area contributed by atoms with Gasteiger partial charge in [0.15, 0.2) is 0 Å². The molecule has 0 aliphatic carbocycles. The van der Waals surface area contributed by atoms with Crippen molar-refractivity contribution in [2.75, 3.05) is 6.61 Å². The van der Waals surface area contributed by atoms with Gasteiger partial charge < -0.3 is 15.2 Å². The van der Waals surface area contributed by atoms with E-state index >= 15 is 0 Å². The molecule has 1 aromatic carbocycles. The van der Waals surface area contributed by atoms with Crippen LogP contribution in [0.1, 0.15) is 17.3 Å². The van der Waals surface area contributed by atoms with Crippen molar-refractivity contribution < 1.29 is 15.0 Å². The summed E-state index contributed by atoms with van der Waals surface area (Å²) in [5.41, 5.74) is 1.18. The molecule has 0 saturated heterocycles. The van der Waals surface area contributed by atoms with E-state index in [1.165, 1.54) is 6.20 Å². The minimum Gasteiger partial charge on any atom is -0.478 e. The summed E-state index contributed by atoms with van der Waals surface area (Å²) >= 11 is 0. The highest BCUT2D eigenvalue weighted by Crippen LogP contribution is 2.16. The molecule has 0 unspecified atom stereocenters. The summed E-state index contributed by atoms with van der Waals surface area (Å²) in [5.74, 6) is -0.896. The van der Waals surface area contributed by atoms with Crippen LogP contribution in [-0.2, 0) is 0 Å². The van der Waals surface area contributed by atoms with Gasteiger partial charge >= 0.3 is 5.97 Å². The van der Waals surface area contributed by atoms with E-state index in [-0.39, 0.29) is 6.61 Å². The highest BCUT2D eigenvalue weighted by molar-refractivity contribution is 6.02. The molecule has 1 heterocycles. The van der Waals surface area contributed by atoms with Gasteiger partial charge in [-0.1, -0.05) is 18.2 Å². The molecule has 2 aromatic rings. The number of carbonyl (C=O) groups is 1. The lowest BCUT2D eigenvalue weighted by Gasteiger charge is -1.89. The molecule has 2 rings (SSSR count). The summed E-state index contributed by atoms with van der Waals surface area (Å²) in [6, 6.07) is 7.32. The molecular weight excluding hydrogens is 194 g/mol. The van der Waals surface area contributed by atoms with Crippen molar-refractivity contribution >= 4 is 16.9 Å². The summed E-state index contributed by atoms with van der Waals surface area (Å²) in [6.07, 6.45) is 1.51. The molecule has 1 aromatic heterocycles. The van der Waals surface area contributed by atoms with Gasteiger partial charge in [-0.2, -0.15) is 0 Å². The number of benzene rings is 1. The van der Waals surface area contributed by atoms with Crippen molar-refractivity contribution in [3.05, 3.63) is 36.0 Å². The number of rotatable bonds is 1. The predicted octanol–water partition coefficient (Wildman–Crippen LogP) is 1.86. The summed E-state index contributed by atoms with van der Waals surface area (Å²) in [5, 5.41) is 17.1. The van der Waals surface area contributed by atoms with Crippen LogP contribution in [0.25, 0.3) is 10.9 Å². The molecule has 0 atom stereocenters. The Morgan fingerprint density at radius 2 is 2.00 bits per heavy atom. The molecule has 0 spiro atoms. The number of aromatic carboxylic acids is 1. The number of nitrogens with one attached hydrogen (secondary N) is 1. The third kappa shape index (κ3) is 2.57. The van der Waals surface area contributed by atoms with Crippen LogP contribution in [-0.4, -0.2) is 27.8 Å². The molecule has 4 heteroatoms. The molecule has 0 aliphatic heterocycles. The maximum atomic E-state index is 10.7. The molecule has 0 aliphatic rings. The zero-order valence-corrected chi connectivity index (χ0v) is 8.40. The van der Waals surface area contributed by atoms with Crippen LogP contribution in [0.4, 0.5) is 0 Å². The first kappa shape index (κ1) is 11.3. The fraction of sp³-hybridized carbons (Fsp3) is 0.182. The number of hydrogen-bond donors (Lipinski definition) is 3. The number of aliphatic hydroxyl groups is 1. The van der Waals surface area contributed by atoms with E-state index in [1.54, 1.807) is 13.0 Å². The summed E-state index contributed by atoms with van der Waals surface area (Å²) in [6.45, 7) is 1.93. The van der Waals surface area contributed by atoms with Crippen molar-refractivity contribution in [3.8, 4) is 0 Å². The third-order valence-corrected chi connectivity index (χ3v) is 1.82. The van der Waals surface area contributed by atoms with Gasteiger partial charge in [0.2, 0.25) is 0 Å². The first-order chi connectivity index (χ1) is 7.20. The minimum absolute atomic E-state index is 0.250. The quantitative estimate of drug-likeness (QED) is 0.668. The van der Waals surface area contributed by atoms with Gasteiger partial charge in [-0.15, -0.1) is 0 Å². The number of carboxylic acid groups (broad SMARTS) is 1. The first-order valence-corrected chi connectivity index (χ1v) is 4.61. The Hall–Kier alpha value is -1.81. The second-order valence-electron chi connectivity index (χ2n) is 2.87. The smallest absolute Gasteiger partial charge is 0.337 e. The van der Waals surface area contributed by atoms with Crippen molar-refractivity contribution in [2.45, 2.75) is 6.92 Å². The van der Waals surface area contributed by atoms with Crippen molar-refractivity contribution in [1.82, 2.24) is 4.98 Å². The van der Waals surface area contributed by atoms with E-state index in [1.807, 2.05) is 18.2 Å². The van der Waals surface area contributed by atoms with Gasteiger partial charge in [0.25, 0.3) is 0 Å². The molecule has 0 bridgehead atoms. The van der Waals surface area contributed by atoms with Gasteiger partial charge in [-0.05, 0) is 13.0 Å². The lowest BCUT2D eigenvalue weighted by atomic mass is 10.2. The fourth-order valence-electron chi connectivity index (χ4n) is 1.25. The number of fused-ring (bicyclic) bond motifs is 1. The highest BCUT2D eigenvalue weighted by Gasteiger charge is 2.08. The predicted molar refractivity (Wildman–Crippen MR) is 58.0 cm³/mol. The van der Waals surface area contributed by atoms with E-state index < -0.39 is 5.97 Å². The lowest BCUT2D eigenvalue weighted by molar-refractivity contribution is 0.0699. The van der Waals surface area contributed by atoms with Crippen molar-refractivity contribution in [2.24, 2.45) is 0 Å². The van der Waals surface area contributed by atoms with E-state index in [4.69, 9.17) is 10.2 Å². The number of aromatic amines is 1. The van der Waals surface area contributed by atoms with Gasteiger partial charge in [0.05, 0.1) is 5.56 Å². The largest absolute Gasteiger partial charge is 0.478 e. The van der Waals surface area contributed by atoms with Crippen molar-refractivity contribution in [1.29, 1.82) is 0 Å². The first-order valence-electron chi connectivity index (χ1n) is 4.61. The summed E-state index contributed by atoms with van der Waals surface area (Å²) < 4.78 is 0. The third-order valence-electron chi connectivity index (χ3n) is 1.82. The molecule has 4 nitrogen and oxygen atoms in total. The molecule has 3 N–H and O–H groups in total. The molecule has 0 radical (unpaired) electrons. The van der Waals surface area contributed by atoms with E-state index in [0.717, 1.165) is 10.9 Å². The molecule has 0 fully saturated rings. The van der Waals surface area contributed by atoms with Crippen LogP contribution >= 0.6 is 0 Å². The summed E-state index contributed by atoms with van der Waals surface area (Å²) in [7, 11) is 0. The highest BCUT2D eigenvalue weighted by atomic mass is 16.4. The van der Waals surface area contributed by atoms with E-state index in [9.17, 15) is 4.79 Å². The summed E-state index contributed by atoms with van der Waals surface area (Å²) in [4.78, 5) is 13.5. The Morgan fingerprint density at radius 1 is 1.40 bits per heavy atom. The zero-order chi connectivity index (χ0) is 11.3. The van der Waals surface area contributed by atoms with Crippen LogP contribution in [0.15, 0.2) is 30.5 Å². The number of hydrogen-bond acceptors (Lipinski definition) is 2. The number of aliphatic hydroxyl groups excluding tert-OH is 1. The second-order valence-corrected chi connectivity index (χ2v) is 2.87. The fourth-order valence-corrected chi connectivity index (χ4v) is 1.25. The zero-order valence-electron chi connectivity index (χ0n) is 8.40. The monoisotopic (exact) mass is 207 g/mol. The SMILES string of the molecule is CCO.O=C(O)c1c[nH]c2ccccc12. The van der Waals surface area contributed by atoms with Gasteiger partial charge in [0, 0.05) is 23.7 Å². The number of para-hydroxylation sites is 1. The maximum Gasteiger partial charge on any atom is 0.337 e. The number of carboxylic acids is 1. The van der Waals surface area contributed by atoms with Gasteiger partial charge in [-0.3, -0.25) is 0 Å². The topological polar surface area (TPSA) is 73.3 Å². The second kappa shape index (κ2) is 5.17. The normalized spacial score (nSPS) is 9.47. The van der Waals surface area contributed by atoms with Crippen LogP contribution in [0.3, 0.4) is 0 Å². The van der Waals surface area contributed by atoms with Crippen molar-refractivity contribution in [3.63, 3.8) is 0 Å². The molecule has 0 amide bonds. The Morgan fingerprint density at radius 3 is 2.60 bits per heavy atom. The minimum atomic E-state index is -0.896. The Bertz CT molecular complexity index is 448. The van der Waals surface area contributed by atoms with E-state index in [2.05, 4.69) is 4.98 Å². The van der Waals surface area contributed by atoms with Gasteiger partial charge in [-0.25, -0.2) is 4.79 Å². The average Bonchev–Trinajstić information content (AvgIpc) is 2.62. The maximum absolute atomic E-state index is 10.7. The van der Waals surface area contributed by atoms with Crippen LogP contribution < -0.4 is 0 Å². The van der Waals surface area contributed by atoms with Crippen LogP contribution in [0.2, 0.25) is 0 Å². The molecular formula is C11H13NO3. The molecule has 80 valence electrons.